The Morgan fingerprint density at radius 3 is 2.39 bits per heavy atom. The second kappa shape index (κ2) is 6.64. The Hall–Kier alpha value is -2.04. The number of carbonyl (C=O) groups excluding carboxylic acids is 2. The van der Waals surface area contributed by atoms with Gasteiger partial charge < -0.3 is 15.0 Å². The smallest absolute Gasteiger partial charge is 0.407 e. The van der Waals surface area contributed by atoms with Crippen LogP contribution in [0.25, 0.3) is 0 Å². The van der Waals surface area contributed by atoms with Gasteiger partial charge in [-0.3, -0.25) is 4.79 Å². The van der Waals surface area contributed by atoms with E-state index in [1.165, 1.54) is 11.9 Å². The molecule has 0 heterocycles. The van der Waals surface area contributed by atoms with E-state index in [2.05, 4.69) is 5.32 Å². The summed E-state index contributed by atoms with van der Waals surface area (Å²) in [5.74, 6) is -0.234. The summed E-state index contributed by atoms with van der Waals surface area (Å²) < 4.78 is 5.09. The van der Waals surface area contributed by atoms with Gasteiger partial charge in [0, 0.05) is 27.6 Å². The Morgan fingerprint density at radius 1 is 1.28 bits per heavy atom. The molecule has 0 spiro atoms. The molecule has 1 atom stereocenters. The minimum Gasteiger partial charge on any atom is -0.436 e. The highest BCUT2D eigenvalue weighted by atomic mass is 16.6. The van der Waals surface area contributed by atoms with Crippen molar-refractivity contribution in [2.75, 3.05) is 21.1 Å². The van der Waals surface area contributed by atoms with Crippen LogP contribution in [-0.4, -0.2) is 44.1 Å². The molecule has 1 aromatic carbocycles. The molecule has 1 aromatic rings. The molecule has 1 N–H and O–H groups in total. The van der Waals surface area contributed by atoms with E-state index in [1.807, 2.05) is 30.3 Å². The van der Waals surface area contributed by atoms with Crippen LogP contribution in [-0.2, 0) is 16.0 Å². The quantitative estimate of drug-likeness (QED) is 0.868. The van der Waals surface area contributed by atoms with Crippen molar-refractivity contribution in [1.29, 1.82) is 0 Å². The van der Waals surface area contributed by atoms with Gasteiger partial charge in [0.05, 0.1) is 0 Å². The Labute approximate surface area is 107 Å². The lowest BCUT2D eigenvalue weighted by molar-refractivity contribution is -0.137. The third-order valence-corrected chi connectivity index (χ3v) is 2.43. The number of hydrogen-bond donors (Lipinski definition) is 1. The van der Waals surface area contributed by atoms with Crippen LogP contribution < -0.4 is 5.32 Å². The molecule has 0 radical (unpaired) electrons. The van der Waals surface area contributed by atoms with Crippen molar-refractivity contribution in [2.24, 2.45) is 0 Å². The van der Waals surface area contributed by atoms with Crippen molar-refractivity contribution in [3.05, 3.63) is 35.9 Å². The number of amides is 2. The number of nitrogens with one attached hydrogen (secondary N) is 1. The van der Waals surface area contributed by atoms with Crippen LogP contribution in [0, 0.1) is 0 Å². The fraction of sp³-hybridized carbons (Fsp3) is 0.385. The van der Waals surface area contributed by atoms with Crippen molar-refractivity contribution in [3.8, 4) is 0 Å². The van der Waals surface area contributed by atoms with Gasteiger partial charge in [-0.2, -0.15) is 0 Å². The van der Waals surface area contributed by atoms with Crippen LogP contribution in [0.5, 0.6) is 0 Å². The maximum atomic E-state index is 11.9. The molecule has 0 aromatic heterocycles. The number of likely N-dealkylation sites (N-methyl/N-ethyl adjacent to an activating group) is 1. The second-order valence-corrected chi connectivity index (χ2v) is 4.07. The van der Waals surface area contributed by atoms with Gasteiger partial charge in [0.25, 0.3) is 5.91 Å². The number of carbonyl (C=O) groups is 2. The zero-order valence-corrected chi connectivity index (χ0v) is 10.8. The predicted molar refractivity (Wildman–Crippen MR) is 68.2 cm³/mol. The first-order valence-corrected chi connectivity index (χ1v) is 5.68. The zero-order chi connectivity index (χ0) is 13.5. The van der Waals surface area contributed by atoms with Crippen LogP contribution in [0.3, 0.4) is 0 Å². The number of nitrogens with zero attached hydrogens (tertiary/aromatic N) is 1. The molecule has 0 aliphatic carbocycles. The van der Waals surface area contributed by atoms with E-state index in [1.54, 1.807) is 14.1 Å². The fourth-order valence-corrected chi connectivity index (χ4v) is 1.48. The van der Waals surface area contributed by atoms with E-state index in [0.717, 1.165) is 5.56 Å². The predicted octanol–water partition coefficient (Wildman–Crippen LogP) is 1.04. The Kier molecular flexibility index (Phi) is 5.17. The van der Waals surface area contributed by atoms with Gasteiger partial charge in [-0.05, 0) is 5.56 Å². The molecule has 0 bridgehead atoms. The summed E-state index contributed by atoms with van der Waals surface area (Å²) in [6.07, 6.45) is -1.04. The van der Waals surface area contributed by atoms with Crippen molar-refractivity contribution in [3.63, 3.8) is 0 Å². The number of hydrogen-bond acceptors (Lipinski definition) is 3. The maximum absolute atomic E-state index is 11.9. The van der Waals surface area contributed by atoms with E-state index in [-0.39, 0.29) is 5.91 Å². The minimum absolute atomic E-state index is 0.234. The maximum Gasteiger partial charge on any atom is 0.407 e. The first-order valence-electron chi connectivity index (χ1n) is 5.68. The molecule has 5 heteroatoms. The second-order valence-electron chi connectivity index (χ2n) is 4.07. The molecule has 0 aliphatic heterocycles. The Balaban J connectivity index is 2.77. The first-order chi connectivity index (χ1) is 8.54. The molecule has 0 aliphatic rings. The largest absolute Gasteiger partial charge is 0.436 e. The van der Waals surface area contributed by atoms with Crippen molar-refractivity contribution >= 4 is 12.0 Å². The summed E-state index contributed by atoms with van der Waals surface area (Å²) in [6, 6.07) is 9.44. The van der Waals surface area contributed by atoms with Gasteiger partial charge in [0.2, 0.25) is 0 Å². The monoisotopic (exact) mass is 250 g/mol. The summed E-state index contributed by atoms with van der Waals surface area (Å²) >= 11 is 0. The lowest BCUT2D eigenvalue weighted by atomic mass is 10.1. The fourth-order valence-electron chi connectivity index (χ4n) is 1.48. The summed E-state index contributed by atoms with van der Waals surface area (Å²) in [7, 11) is 4.73. The number of benzene rings is 1. The molecule has 0 fully saturated rings. The molecule has 5 nitrogen and oxygen atoms in total. The Bertz CT molecular complexity index is 404. The SMILES string of the molecule is CNC(=O)OC(Cc1ccccc1)C(=O)N(C)C. The van der Waals surface area contributed by atoms with Crippen LogP contribution in [0.4, 0.5) is 4.79 Å². The van der Waals surface area contributed by atoms with Crippen molar-refractivity contribution < 1.29 is 14.3 Å². The first kappa shape index (κ1) is 14.0. The molecule has 18 heavy (non-hydrogen) atoms. The molecule has 0 saturated heterocycles. The number of rotatable bonds is 4. The van der Waals surface area contributed by atoms with Crippen molar-refractivity contribution in [2.45, 2.75) is 12.5 Å². The highest BCUT2D eigenvalue weighted by Crippen LogP contribution is 2.08. The van der Waals surface area contributed by atoms with Gasteiger partial charge in [0.1, 0.15) is 0 Å². The molecule has 1 rings (SSSR count). The third-order valence-electron chi connectivity index (χ3n) is 2.43. The van der Waals surface area contributed by atoms with Gasteiger partial charge in [0.15, 0.2) is 6.10 Å². The van der Waals surface area contributed by atoms with E-state index >= 15 is 0 Å². The average Bonchev–Trinajstić information content (AvgIpc) is 2.38. The molecular weight excluding hydrogens is 232 g/mol. The average molecular weight is 250 g/mol. The lowest BCUT2D eigenvalue weighted by Gasteiger charge is -2.20. The van der Waals surface area contributed by atoms with E-state index < -0.39 is 12.2 Å². The zero-order valence-electron chi connectivity index (χ0n) is 10.8. The van der Waals surface area contributed by atoms with Crippen LogP contribution in [0.1, 0.15) is 5.56 Å². The minimum atomic E-state index is -0.803. The highest BCUT2D eigenvalue weighted by molar-refractivity contribution is 5.83. The summed E-state index contributed by atoms with van der Waals surface area (Å²) in [4.78, 5) is 24.6. The van der Waals surface area contributed by atoms with E-state index in [0.29, 0.717) is 6.42 Å². The normalized spacial score (nSPS) is 11.5. The molecule has 98 valence electrons. The standard InChI is InChI=1S/C13H18N2O3/c1-14-13(17)18-11(12(16)15(2)3)9-10-7-5-4-6-8-10/h4-8,11H,9H2,1-3H3,(H,14,17). The van der Waals surface area contributed by atoms with Gasteiger partial charge >= 0.3 is 6.09 Å². The van der Waals surface area contributed by atoms with E-state index in [4.69, 9.17) is 4.74 Å². The van der Waals surface area contributed by atoms with Crippen LogP contribution in [0.15, 0.2) is 30.3 Å². The number of ether oxygens (including phenoxy) is 1. The molecular formula is C13H18N2O3. The topological polar surface area (TPSA) is 58.6 Å². The van der Waals surface area contributed by atoms with E-state index in [9.17, 15) is 9.59 Å². The molecule has 1 unspecified atom stereocenters. The summed E-state index contributed by atoms with van der Waals surface area (Å²) in [5, 5.41) is 2.34. The summed E-state index contributed by atoms with van der Waals surface area (Å²) in [6.45, 7) is 0. The Morgan fingerprint density at radius 2 is 1.89 bits per heavy atom. The molecule has 0 saturated carbocycles. The van der Waals surface area contributed by atoms with Crippen molar-refractivity contribution in [1.82, 2.24) is 10.2 Å². The van der Waals surface area contributed by atoms with Crippen LogP contribution >= 0.6 is 0 Å². The third kappa shape index (κ3) is 4.08. The van der Waals surface area contributed by atoms with Crippen LogP contribution in [0.2, 0.25) is 0 Å². The van der Waals surface area contributed by atoms with Gasteiger partial charge in [-0.1, -0.05) is 30.3 Å². The van der Waals surface area contributed by atoms with Gasteiger partial charge in [-0.25, -0.2) is 4.79 Å². The molecule has 2 amide bonds. The van der Waals surface area contributed by atoms with Gasteiger partial charge in [-0.15, -0.1) is 0 Å². The lowest BCUT2D eigenvalue weighted by Crippen LogP contribution is -2.40. The number of alkyl carbamates (subject to hydrolysis) is 1. The summed E-state index contributed by atoms with van der Waals surface area (Å²) in [5.41, 5.74) is 0.946. The highest BCUT2D eigenvalue weighted by Gasteiger charge is 2.24.